The van der Waals surface area contributed by atoms with Crippen molar-refractivity contribution in [2.24, 2.45) is 0 Å². The zero-order valence-electron chi connectivity index (χ0n) is 16.5. The van der Waals surface area contributed by atoms with Crippen LogP contribution in [0.25, 0.3) is 0 Å². The Kier molecular flexibility index (Phi) is 5.17. The number of benzene rings is 1. The van der Waals surface area contributed by atoms with Crippen molar-refractivity contribution in [2.75, 3.05) is 37.6 Å². The second-order valence-electron chi connectivity index (χ2n) is 7.84. The number of rotatable bonds is 3. The largest absolute Gasteiger partial charge is 0.369 e. The predicted molar refractivity (Wildman–Crippen MR) is 109 cm³/mol. The first-order valence-electron chi connectivity index (χ1n) is 9.96. The van der Waals surface area contributed by atoms with Crippen LogP contribution in [0.5, 0.6) is 0 Å². The van der Waals surface area contributed by atoms with Gasteiger partial charge in [-0.2, -0.15) is 5.10 Å². The Bertz CT molecular complexity index is 898. The zero-order valence-corrected chi connectivity index (χ0v) is 16.5. The van der Waals surface area contributed by atoms with Crippen LogP contribution in [0, 0.1) is 0 Å². The van der Waals surface area contributed by atoms with Gasteiger partial charge in [0, 0.05) is 67.7 Å². The summed E-state index contributed by atoms with van der Waals surface area (Å²) in [4.78, 5) is 31.4. The molecule has 2 aromatic rings. The summed E-state index contributed by atoms with van der Waals surface area (Å²) in [5.74, 6) is 0.00195. The van der Waals surface area contributed by atoms with E-state index in [9.17, 15) is 9.59 Å². The maximum atomic E-state index is 12.9. The SMILES string of the molecule is CC(C)N1CCN(c2ccc(C(=O)N3CCc4c(cn[nH]c4=O)C3)cc2)CC1. The first-order chi connectivity index (χ1) is 13.5. The Hall–Kier alpha value is -2.67. The second kappa shape index (κ2) is 7.75. The Morgan fingerprint density at radius 2 is 1.79 bits per heavy atom. The summed E-state index contributed by atoms with van der Waals surface area (Å²) in [6.45, 7) is 9.62. The Morgan fingerprint density at radius 1 is 1.07 bits per heavy atom. The van der Waals surface area contributed by atoms with E-state index < -0.39 is 0 Å². The van der Waals surface area contributed by atoms with Crippen molar-refractivity contribution in [3.63, 3.8) is 0 Å². The molecule has 2 aliphatic heterocycles. The van der Waals surface area contributed by atoms with E-state index in [4.69, 9.17) is 0 Å². The summed E-state index contributed by atoms with van der Waals surface area (Å²) in [5.41, 5.74) is 3.29. The molecular weight excluding hydrogens is 354 g/mol. The van der Waals surface area contributed by atoms with Crippen LogP contribution in [0.4, 0.5) is 5.69 Å². The van der Waals surface area contributed by atoms with Crippen LogP contribution < -0.4 is 10.5 Å². The number of aromatic amines is 1. The molecule has 1 aromatic carbocycles. The number of nitrogens with one attached hydrogen (secondary N) is 1. The molecule has 0 aliphatic carbocycles. The minimum atomic E-state index is -0.147. The summed E-state index contributed by atoms with van der Waals surface area (Å²) >= 11 is 0. The molecule has 0 bridgehead atoms. The van der Waals surface area contributed by atoms with Crippen LogP contribution in [0.1, 0.15) is 35.3 Å². The van der Waals surface area contributed by atoms with Gasteiger partial charge in [0.25, 0.3) is 11.5 Å². The van der Waals surface area contributed by atoms with Crippen molar-refractivity contribution in [3.8, 4) is 0 Å². The third-order valence-electron chi connectivity index (χ3n) is 5.85. The summed E-state index contributed by atoms with van der Waals surface area (Å²) < 4.78 is 0. The van der Waals surface area contributed by atoms with Crippen LogP contribution >= 0.6 is 0 Å². The standard InChI is InChI=1S/C21H27N5O2/c1-15(2)24-9-11-25(12-10-24)18-5-3-16(4-6-18)21(28)26-8-7-19-17(14-26)13-22-23-20(19)27/h3-6,13,15H,7-12,14H2,1-2H3,(H,23,27). The Labute approximate surface area is 165 Å². The molecule has 0 radical (unpaired) electrons. The number of hydrogen-bond donors (Lipinski definition) is 1. The lowest BCUT2D eigenvalue weighted by Crippen LogP contribution is -2.48. The first kappa shape index (κ1) is 18.7. The molecule has 3 heterocycles. The molecule has 1 amide bonds. The summed E-state index contributed by atoms with van der Waals surface area (Å²) in [7, 11) is 0. The second-order valence-corrected chi connectivity index (χ2v) is 7.84. The van der Waals surface area contributed by atoms with E-state index in [1.165, 1.54) is 5.69 Å². The van der Waals surface area contributed by atoms with E-state index in [2.05, 4.69) is 33.8 Å². The predicted octanol–water partition coefficient (Wildman–Crippen LogP) is 1.50. The molecular formula is C21H27N5O2. The minimum Gasteiger partial charge on any atom is -0.369 e. The summed E-state index contributed by atoms with van der Waals surface area (Å²) in [5, 5.41) is 6.32. The van der Waals surface area contributed by atoms with E-state index in [1.807, 2.05) is 24.3 Å². The zero-order chi connectivity index (χ0) is 19.7. The van der Waals surface area contributed by atoms with Crippen molar-refractivity contribution in [3.05, 3.63) is 57.5 Å². The number of carbonyl (C=O) groups is 1. The number of fused-ring (bicyclic) bond motifs is 1. The van der Waals surface area contributed by atoms with Gasteiger partial charge >= 0.3 is 0 Å². The van der Waals surface area contributed by atoms with Crippen molar-refractivity contribution in [2.45, 2.75) is 32.9 Å². The maximum absolute atomic E-state index is 12.9. The highest BCUT2D eigenvalue weighted by atomic mass is 16.2. The molecule has 1 N–H and O–H groups in total. The van der Waals surface area contributed by atoms with Gasteiger partial charge in [0.2, 0.25) is 0 Å². The number of nitrogens with zero attached hydrogens (tertiary/aromatic N) is 4. The van der Waals surface area contributed by atoms with Crippen LogP contribution in [-0.2, 0) is 13.0 Å². The number of amides is 1. The monoisotopic (exact) mass is 381 g/mol. The number of anilines is 1. The molecule has 1 fully saturated rings. The van der Waals surface area contributed by atoms with E-state index in [0.717, 1.165) is 37.3 Å². The number of hydrogen-bond acceptors (Lipinski definition) is 5. The van der Waals surface area contributed by atoms with E-state index in [-0.39, 0.29) is 11.5 Å². The van der Waals surface area contributed by atoms with Crippen molar-refractivity contribution < 1.29 is 4.79 Å². The number of piperazine rings is 1. The molecule has 7 nitrogen and oxygen atoms in total. The lowest BCUT2D eigenvalue weighted by molar-refractivity contribution is 0.0734. The van der Waals surface area contributed by atoms with Gasteiger partial charge in [-0.3, -0.25) is 14.5 Å². The van der Waals surface area contributed by atoms with Gasteiger partial charge < -0.3 is 9.80 Å². The fourth-order valence-electron chi connectivity index (χ4n) is 4.07. The molecule has 0 atom stereocenters. The van der Waals surface area contributed by atoms with Crippen molar-refractivity contribution >= 4 is 11.6 Å². The fourth-order valence-corrected chi connectivity index (χ4v) is 4.07. The Balaban J connectivity index is 1.42. The molecule has 28 heavy (non-hydrogen) atoms. The Morgan fingerprint density at radius 3 is 2.46 bits per heavy atom. The molecule has 0 unspecified atom stereocenters. The first-order valence-corrected chi connectivity index (χ1v) is 9.96. The maximum Gasteiger partial charge on any atom is 0.267 e. The molecule has 4 rings (SSSR count). The van der Waals surface area contributed by atoms with Crippen LogP contribution in [0.15, 0.2) is 35.3 Å². The molecule has 1 saturated heterocycles. The highest BCUT2D eigenvalue weighted by Crippen LogP contribution is 2.21. The molecule has 0 saturated carbocycles. The minimum absolute atomic E-state index is 0.00195. The third kappa shape index (κ3) is 3.67. The lowest BCUT2D eigenvalue weighted by Gasteiger charge is -2.38. The van der Waals surface area contributed by atoms with E-state index >= 15 is 0 Å². The topological polar surface area (TPSA) is 72.5 Å². The summed E-state index contributed by atoms with van der Waals surface area (Å²) in [6.07, 6.45) is 2.22. The highest BCUT2D eigenvalue weighted by Gasteiger charge is 2.24. The molecule has 7 heteroatoms. The van der Waals surface area contributed by atoms with Crippen molar-refractivity contribution in [1.29, 1.82) is 0 Å². The van der Waals surface area contributed by atoms with Gasteiger partial charge in [-0.05, 0) is 44.5 Å². The number of carbonyl (C=O) groups excluding carboxylic acids is 1. The number of H-pyrrole nitrogens is 1. The van der Waals surface area contributed by atoms with Crippen LogP contribution in [-0.4, -0.2) is 64.7 Å². The van der Waals surface area contributed by atoms with Gasteiger partial charge in [-0.1, -0.05) is 0 Å². The number of aromatic nitrogens is 2. The van der Waals surface area contributed by atoms with E-state index in [0.29, 0.717) is 31.1 Å². The average molecular weight is 381 g/mol. The summed E-state index contributed by atoms with van der Waals surface area (Å²) in [6, 6.07) is 8.50. The molecule has 1 aromatic heterocycles. The molecule has 2 aliphatic rings. The average Bonchev–Trinajstić information content (AvgIpc) is 2.73. The molecule has 148 valence electrons. The smallest absolute Gasteiger partial charge is 0.267 e. The third-order valence-corrected chi connectivity index (χ3v) is 5.85. The van der Waals surface area contributed by atoms with Gasteiger partial charge in [0.05, 0.1) is 6.20 Å². The van der Waals surface area contributed by atoms with Gasteiger partial charge in [-0.25, -0.2) is 5.10 Å². The van der Waals surface area contributed by atoms with E-state index in [1.54, 1.807) is 11.1 Å². The normalized spacial score (nSPS) is 17.7. The van der Waals surface area contributed by atoms with Gasteiger partial charge in [-0.15, -0.1) is 0 Å². The van der Waals surface area contributed by atoms with Crippen molar-refractivity contribution in [1.82, 2.24) is 20.0 Å². The van der Waals surface area contributed by atoms with Gasteiger partial charge in [0.15, 0.2) is 0 Å². The molecule has 0 spiro atoms. The van der Waals surface area contributed by atoms with Crippen LogP contribution in [0.2, 0.25) is 0 Å². The van der Waals surface area contributed by atoms with Gasteiger partial charge in [0.1, 0.15) is 0 Å². The highest BCUT2D eigenvalue weighted by molar-refractivity contribution is 5.94. The quantitative estimate of drug-likeness (QED) is 0.872. The lowest BCUT2D eigenvalue weighted by atomic mass is 10.0. The van der Waals surface area contributed by atoms with Crippen LogP contribution in [0.3, 0.4) is 0 Å². The fraction of sp³-hybridized carbons (Fsp3) is 0.476.